The first-order chi connectivity index (χ1) is 11.5. The Hall–Kier alpha value is -2.97. The van der Waals surface area contributed by atoms with E-state index in [-0.39, 0.29) is 23.7 Å². The van der Waals surface area contributed by atoms with Crippen LogP contribution in [-0.4, -0.2) is 20.2 Å². The van der Waals surface area contributed by atoms with Gasteiger partial charge in [-0.1, -0.05) is 18.2 Å². The van der Waals surface area contributed by atoms with Crippen LogP contribution < -0.4 is 5.32 Å². The number of aromatic nitrogens is 4. The second-order valence-corrected chi connectivity index (χ2v) is 4.93. The molecule has 0 fully saturated rings. The maximum absolute atomic E-state index is 13.7. The van der Waals surface area contributed by atoms with Gasteiger partial charge in [0.15, 0.2) is 0 Å². The second kappa shape index (κ2) is 6.65. The van der Waals surface area contributed by atoms with Crippen molar-refractivity contribution in [2.24, 2.45) is 0 Å². The summed E-state index contributed by atoms with van der Waals surface area (Å²) in [4.78, 5) is 8.09. The highest BCUT2D eigenvalue weighted by Gasteiger charge is 2.17. The van der Waals surface area contributed by atoms with Crippen LogP contribution in [0, 0.1) is 5.82 Å². The Labute approximate surface area is 134 Å². The standard InChI is InChI=1S/C15H12F3N5O/c1-8(10-4-2-3-5-11(10)16)21-15-19-6-9(7-20-15)13-22-23-14(24-13)12(17)18/h2-8,12H,1H3,(H,19,20,21)/t8-/m0/s1. The monoisotopic (exact) mass is 335 g/mol. The molecule has 1 N–H and O–H groups in total. The Kier molecular flexibility index (Phi) is 4.41. The van der Waals surface area contributed by atoms with Gasteiger partial charge in [0.1, 0.15) is 5.82 Å². The van der Waals surface area contributed by atoms with Gasteiger partial charge in [-0.15, -0.1) is 10.2 Å². The molecule has 124 valence electrons. The molecule has 0 aliphatic heterocycles. The first-order valence-corrected chi connectivity index (χ1v) is 6.99. The molecule has 9 heteroatoms. The molecule has 1 aromatic carbocycles. The summed E-state index contributed by atoms with van der Waals surface area (Å²) < 4.78 is 43.4. The van der Waals surface area contributed by atoms with Crippen molar-refractivity contribution in [3.8, 4) is 11.5 Å². The van der Waals surface area contributed by atoms with Crippen LogP contribution in [0.2, 0.25) is 0 Å². The van der Waals surface area contributed by atoms with Crippen molar-refractivity contribution in [3.05, 3.63) is 53.9 Å². The second-order valence-electron chi connectivity index (χ2n) is 4.93. The number of rotatable bonds is 5. The third-order valence-corrected chi connectivity index (χ3v) is 3.24. The number of nitrogens with zero attached hydrogens (tertiary/aromatic N) is 4. The zero-order valence-corrected chi connectivity index (χ0v) is 12.4. The van der Waals surface area contributed by atoms with E-state index in [0.29, 0.717) is 11.1 Å². The molecule has 0 aliphatic carbocycles. The lowest BCUT2D eigenvalue weighted by Crippen LogP contribution is -2.10. The number of benzene rings is 1. The number of hydrogen-bond donors (Lipinski definition) is 1. The van der Waals surface area contributed by atoms with Crippen LogP contribution >= 0.6 is 0 Å². The van der Waals surface area contributed by atoms with Crippen LogP contribution in [0.25, 0.3) is 11.5 Å². The van der Waals surface area contributed by atoms with E-state index in [9.17, 15) is 13.2 Å². The van der Waals surface area contributed by atoms with Gasteiger partial charge in [-0.25, -0.2) is 14.4 Å². The average molecular weight is 335 g/mol. The largest absolute Gasteiger partial charge is 0.415 e. The molecule has 0 amide bonds. The molecule has 0 radical (unpaired) electrons. The summed E-state index contributed by atoms with van der Waals surface area (Å²) in [6.45, 7) is 1.77. The minimum absolute atomic E-state index is 0.0981. The van der Waals surface area contributed by atoms with Crippen LogP contribution in [-0.2, 0) is 0 Å². The van der Waals surface area contributed by atoms with E-state index >= 15 is 0 Å². The highest BCUT2D eigenvalue weighted by molar-refractivity contribution is 5.50. The molecule has 2 aromatic heterocycles. The SMILES string of the molecule is C[C@H](Nc1ncc(-c2nnc(C(F)F)o2)cn1)c1ccccc1F. The molecule has 3 rings (SSSR count). The van der Waals surface area contributed by atoms with E-state index in [2.05, 4.69) is 25.5 Å². The number of halogens is 3. The molecule has 0 spiro atoms. The van der Waals surface area contributed by atoms with E-state index in [0.717, 1.165) is 0 Å². The summed E-state index contributed by atoms with van der Waals surface area (Å²) in [5.41, 5.74) is 0.780. The number of nitrogens with one attached hydrogen (secondary N) is 1. The van der Waals surface area contributed by atoms with Crippen molar-refractivity contribution in [1.29, 1.82) is 0 Å². The van der Waals surface area contributed by atoms with E-state index in [1.807, 2.05) is 0 Å². The van der Waals surface area contributed by atoms with Crippen molar-refractivity contribution < 1.29 is 17.6 Å². The molecule has 0 saturated heterocycles. The van der Waals surface area contributed by atoms with E-state index in [1.54, 1.807) is 25.1 Å². The lowest BCUT2D eigenvalue weighted by atomic mass is 10.1. The highest BCUT2D eigenvalue weighted by Crippen LogP contribution is 2.23. The number of anilines is 1. The van der Waals surface area contributed by atoms with Crippen LogP contribution in [0.5, 0.6) is 0 Å². The van der Waals surface area contributed by atoms with E-state index in [4.69, 9.17) is 4.42 Å². The molecule has 3 aromatic rings. The third-order valence-electron chi connectivity index (χ3n) is 3.24. The quantitative estimate of drug-likeness (QED) is 0.765. The molecule has 0 unspecified atom stereocenters. The summed E-state index contributed by atoms with van der Waals surface area (Å²) in [7, 11) is 0. The molecule has 24 heavy (non-hydrogen) atoms. The zero-order valence-electron chi connectivity index (χ0n) is 12.4. The van der Waals surface area contributed by atoms with Crippen LogP contribution in [0.15, 0.2) is 41.1 Å². The van der Waals surface area contributed by atoms with Gasteiger partial charge in [0, 0.05) is 18.0 Å². The summed E-state index contributed by atoms with van der Waals surface area (Å²) in [5.74, 6) is -0.943. The van der Waals surface area contributed by atoms with Crippen LogP contribution in [0.4, 0.5) is 19.1 Å². The fourth-order valence-corrected chi connectivity index (χ4v) is 2.05. The van der Waals surface area contributed by atoms with E-state index in [1.165, 1.54) is 18.5 Å². The summed E-state index contributed by atoms with van der Waals surface area (Å²) in [6.07, 6.45) is -0.132. The Morgan fingerprint density at radius 3 is 2.42 bits per heavy atom. The van der Waals surface area contributed by atoms with Gasteiger partial charge in [0.25, 0.3) is 11.8 Å². The third kappa shape index (κ3) is 3.34. The fraction of sp³-hybridized carbons (Fsp3) is 0.200. The summed E-state index contributed by atoms with van der Waals surface area (Å²) in [6, 6.07) is 6.01. The minimum atomic E-state index is -2.84. The summed E-state index contributed by atoms with van der Waals surface area (Å²) in [5, 5.41) is 9.70. The van der Waals surface area contributed by atoms with Crippen molar-refractivity contribution in [2.75, 3.05) is 5.32 Å². The fourth-order valence-electron chi connectivity index (χ4n) is 2.05. The van der Waals surface area contributed by atoms with Gasteiger partial charge in [-0.3, -0.25) is 0 Å². The molecule has 0 saturated carbocycles. The lowest BCUT2D eigenvalue weighted by molar-refractivity contribution is 0.116. The molecular weight excluding hydrogens is 323 g/mol. The molecule has 0 bridgehead atoms. The van der Waals surface area contributed by atoms with Gasteiger partial charge in [0.2, 0.25) is 5.95 Å². The summed E-state index contributed by atoms with van der Waals surface area (Å²) >= 11 is 0. The smallest absolute Gasteiger partial charge is 0.314 e. The van der Waals surface area contributed by atoms with Crippen LogP contribution in [0.3, 0.4) is 0 Å². The van der Waals surface area contributed by atoms with Gasteiger partial charge in [-0.2, -0.15) is 8.78 Å². The molecule has 2 heterocycles. The molecule has 0 aliphatic rings. The van der Waals surface area contributed by atoms with E-state index < -0.39 is 12.3 Å². The van der Waals surface area contributed by atoms with Gasteiger partial charge in [-0.05, 0) is 13.0 Å². The zero-order chi connectivity index (χ0) is 17.1. The maximum Gasteiger partial charge on any atom is 0.314 e. The Balaban J connectivity index is 1.73. The Bertz CT molecular complexity index is 822. The molecule has 6 nitrogen and oxygen atoms in total. The topological polar surface area (TPSA) is 76.7 Å². The van der Waals surface area contributed by atoms with Crippen molar-refractivity contribution in [2.45, 2.75) is 19.4 Å². The highest BCUT2D eigenvalue weighted by atomic mass is 19.3. The number of alkyl halides is 2. The normalized spacial score (nSPS) is 12.4. The number of hydrogen-bond acceptors (Lipinski definition) is 6. The average Bonchev–Trinajstić information content (AvgIpc) is 3.06. The maximum atomic E-state index is 13.7. The molecular formula is C15H12F3N5O. The Morgan fingerprint density at radius 1 is 1.08 bits per heavy atom. The first-order valence-electron chi connectivity index (χ1n) is 6.99. The molecule has 1 atom stereocenters. The first kappa shape index (κ1) is 15.9. The lowest BCUT2D eigenvalue weighted by Gasteiger charge is -2.14. The predicted molar refractivity (Wildman–Crippen MR) is 78.7 cm³/mol. The van der Waals surface area contributed by atoms with Crippen molar-refractivity contribution >= 4 is 5.95 Å². The minimum Gasteiger partial charge on any atom is -0.415 e. The van der Waals surface area contributed by atoms with Crippen LogP contribution in [0.1, 0.15) is 30.8 Å². The van der Waals surface area contributed by atoms with Gasteiger partial charge >= 0.3 is 6.43 Å². The predicted octanol–water partition coefficient (Wildman–Crippen LogP) is 3.78. The Morgan fingerprint density at radius 2 is 1.79 bits per heavy atom. The van der Waals surface area contributed by atoms with Crippen molar-refractivity contribution in [3.63, 3.8) is 0 Å². The van der Waals surface area contributed by atoms with Crippen molar-refractivity contribution in [1.82, 2.24) is 20.2 Å². The van der Waals surface area contributed by atoms with Gasteiger partial charge < -0.3 is 9.73 Å². The van der Waals surface area contributed by atoms with Gasteiger partial charge in [0.05, 0.1) is 11.6 Å².